The van der Waals surface area contributed by atoms with Gasteiger partial charge in [-0.25, -0.2) is 0 Å². The molecule has 0 saturated carbocycles. The highest BCUT2D eigenvalue weighted by molar-refractivity contribution is 5.61. The molecule has 0 radical (unpaired) electrons. The third-order valence-corrected chi connectivity index (χ3v) is 3.23. The van der Waals surface area contributed by atoms with Crippen molar-refractivity contribution in [2.24, 2.45) is 0 Å². The van der Waals surface area contributed by atoms with Crippen molar-refractivity contribution < 1.29 is 5.11 Å². The van der Waals surface area contributed by atoms with Crippen molar-refractivity contribution in [2.75, 3.05) is 5.32 Å². The first-order valence-corrected chi connectivity index (χ1v) is 6.11. The van der Waals surface area contributed by atoms with E-state index in [0.717, 1.165) is 12.0 Å². The maximum absolute atomic E-state index is 11.6. The standard InChI is InChI=1S/C16H15NO/c18-16-8-4-2-5-12(16)9-10-14-11-13-6-1-3-7-15(13)17-14/h1-10,14,17-18H,11H2/p-1/b10-9+. The van der Waals surface area contributed by atoms with E-state index in [1.807, 2.05) is 24.3 Å². The summed E-state index contributed by atoms with van der Waals surface area (Å²) in [6.07, 6.45) is 4.95. The van der Waals surface area contributed by atoms with E-state index in [0.29, 0.717) is 0 Å². The molecule has 1 aliphatic heterocycles. The van der Waals surface area contributed by atoms with Crippen molar-refractivity contribution in [3.05, 3.63) is 65.7 Å². The van der Waals surface area contributed by atoms with Gasteiger partial charge in [0.05, 0.1) is 0 Å². The molecule has 2 aromatic carbocycles. The number of hydrogen-bond donors (Lipinski definition) is 1. The third-order valence-electron chi connectivity index (χ3n) is 3.23. The van der Waals surface area contributed by atoms with Crippen LogP contribution in [0.15, 0.2) is 54.6 Å². The van der Waals surface area contributed by atoms with Gasteiger partial charge in [0.25, 0.3) is 0 Å². The van der Waals surface area contributed by atoms with E-state index in [2.05, 4.69) is 29.6 Å². The minimum Gasteiger partial charge on any atom is -0.872 e. The second kappa shape index (κ2) is 4.57. The van der Waals surface area contributed by atoms with Gasteiger partial charge in [-0.15, -0.1) is 5.75 Å². The molecule has 2 aromatic rings. The fraction of sp³-hybridized carbons (Fsp3) is 0.125. The predicted molar refractivity (Wildman–Crippen MR) is 72.5 cm³/mol. The van der Waals surface area contributed by atoms with E-state index >= 15 is 0 Å². The lowest BCUT2D eigenvalue weighted by atomic mass is 10.1. The maximum Gasteiger partial charge on any atom is 0.0488 e. The van der Waals surface area contributed by atoms with Crippen LogP contribution in [0, 0.1) is 0 Å². The average Bonchev–Trinajstić information content (AvgIpc) is 2.80. The van der Waals surface area contributed by atoms with Crippen LogP contribution in [0.25, 0.3) is 6.08 Å². The van der Waals surface area contributed by atoms with Gasteiger partial charge in [0.15, 0.2) is 0 Å². The molecule has 1 unspecified atom stereocenters. The zero-order valence-corrected chi connectivity index (χ0v) is 9.97. The van der Waals surface area contributed by atoms with E-state index < -0.39 is 0 Å². The highest BCUT2D eigenvalue weighted by atomic mass is 16.3. The summed E-state index contributed by atoms with van der Waals surface area (Å²) in [5.41, 5.74) is 3.28. The Kier molecular flexibility index (Phi) is 2.77. The van der Waals surface area contributed by atoms with Crippen molar-refractivity contribution >= 4 is 11.8 Å². The summed E-state index contributed by atoms with van der Waals surface area (Å²) in [5, 5.41) is 15.0. The maximum atomic E-state index is 11.6. The lowest BCUT2D eigenvalue weighted by Crippen LogP contribution is -2.11. The molecule has 0 bridgehead atoms. The van der Waals surface area contributed by atoms with Crippen molar-refractivity contribution in [1.82, 2.24) is 0 Å². The zero-order chi connectivity index (χ0) is 12.4. The topological polar surface area (TPSA) is 35.1 Å². The number of anilines is 1. The first-order valence-electron chi connectivity index (χ1n) is 6.11. The van der Waals surface area contributed by atoms with Gasteiger partial charge in [0, 0.05) is 11.7 Å². The molecule has 0 aromatic heterocycles. The van der Waals surface area contributed by atoms with Crippen LogP contribution in [0.2, 0.25) is 0 Å². The molecule has 2 heteroatoms. The molecular weight excluding hydrogens is 222 g/mol. The van der Waals surface area contributed by atoms with E-state index in [9.17, 15) is 5.11 Å². The fourth-order valence-electron chi connectivity index (χ4n) is 2.28. The van der Waals surface area contributed by atoms with Gasteiger partial charge in [-0.1, -0.05) is 54.6 Å². The zero-order valence-electron chi connectivity index (χ0n) is 9.97. The Morgan fingerprint density at radius 3 is 2.67 bits per heavy atom. The molecule has 0 aliphatic carbocycles. The van der Waals surface area contributed by atoms with Crippen LogP contribution < -0.4 is 10.4 Å². The van der Waals surface area contributed by atoms with E-state index in [1.54, 1.807) is 12.1 Å². The number of nitrogens with one attached hydrogen (secondary N) is 1. The molecule has 0 saturated heterocycles. The normalized spacial score (nSPS) is 17.7. The van der Waals surface area contributed by atoms with Crippen molar-refractivity contribution in [1.29, 1.82) is 0 Å². The van der Waals surface area contributed by atoms with Crippen LogP contribution in [-0.2, 0) is 6.42 Å². The summed E-state index contributed by atoms with van der Waals surface area (Å²) in [5.74, 6) is 0.0734. The quantitative estimate of drug-likeness (QED) is 0.870. The number of hydrogen-bond acceptors (Lipinski definition) is 2. The summed E-state index contributed by atoms with van der Waals surface area (Å²) in [6.45, 7) is 0. The SMILES string of the molecule is [O-]c1ccccc1/C=C/C1Cc2ccccc2N1. The van der Waals surface area contributed by atoms with E-state index in [4.69, 9.17) is 0 Å². The largest absolute Gasteiger partial charge is 0.872 e. The van der Waals surface area contributed by atoms with E-state index in [-0.39, 0.29) is 11.8 Å². The molecule has 1 atom stereocenters. The summed E-state index contributed by atoms with van der Waals surface area (Å²) in [7, 11) is 0. The minimum atomic E-state index is 0.0734. The predicted octanol–water partition coefficient (Wildman–Crippen LogP) is 2.81. The third kappa shape index (κ3) is 2.09. The lowest BCUT2D eigenvalue weighted by Gasteiger charge is -2.10. The minimum absolute atomic E-state index is 0.0734. The van der Waals surface area contributed by atoms with Crippen LogP contribution >= 0.6 is 0 Å². The lowest BCUT2D eigenvalue weighted by molar-refractivity contribution is -0.268. The van der Waals surface area contributed by atoms with Gasteiger partial charge in [-0.05, 0) is 23.6 Å². The first-order chi connectivity index (χ1) is 8.83. The number of benzene rings is 2. The molecule has 1 N–H and O–H groups in total. The van der Waals surface area contributed by atoms with Gasteiger partial charge < -0.3 is 10.4 Å². The van der Waals surface area contributed by atoms with Crippen molar-refractivity contribution in [2.45, 2.75) is 12.5 Å². The molecule has 3 rings (SSSR count). The Morgan fingerprint density at radius 1 is 1.06 bits per heavy atom. The summed E-state index contributed by atoms with van der Waals surface area (Å²) < 4.78 is 0. The number of para-hydroxylation sites is 2. The number of rotatable bonds is 2. The Hall–Kier alpha value is -2.22. The Morgan fingerprint density at radius 2 is 1.83 bits per heavy atom. The average molecular weight is 236 g/mol. The second-order valence-electron chi connectivity index (χ2n) is 4.51. The van der Waals surface area contributed by atoms with Crippen molar-refractivity contribution in [3.8, 4) is 5.75 Å². The van der Waals surface area contributed by atoms with Crippen molar-refractivity contribution in [3.63, 3.8) is 0 Å². The van der Waals surface area contributed by atoms with Crippen LogP contribution in [0.5, 0.6) is 5.75 Å². The summed E-state index contributed by atoms with van der Waals surface area (Å²) in [4.78, 5) is 0. The highest BCUT2D eigenvalue weighted by Crippen LogP contribution is 2.26. The monoisotopic (exact) mass is 236 g/mol. The Bertz CT molecular complexity index is 564. The molecule has 1 heterocycles. The fourth-order valence-corrected chi connectivity index (χ4v) is 2.28. The Labute approximate surface area is 107 Å². The molecule has 0 fully saturated rings. The summed E-state index contributed by atoms with van der Waals surface area (Å²) in [6, 6.07) is 15.7. The smallest absolute Gasteiger partial charge is 0.0488 e. The van der Waals surface area contributed by atoms with Gasteiger partial charge in [0.1, 0.15) is 0 Å². The Balaban J connectivity index is 1.75. The van der Waals surface area contributed by atoms with Gasteiger partial charge in [0.2, 0.25) is 0 Å². The van der Waals surface area contributed by atoms with Gasteiger partial charge in [-0.3, -0.25) is 0 Å². The molecule has 18 heavy (non-hydrogen) atoms. The highest BCUT2D eigenvalue weighted by Gasteiger charge is 2.16. The second-order valence-corrected chi connectivity index (χ2v) is 4.51. The molecule has 0 amide bonds. The van der Waals surface area contributed by atoms with Crippen LogP contribution in [-0.4, -0.2) is 6.04 Å². The molecular formula is C16H14NO-. The number of fused-ring (bicyclic) bond motifs is 1. The molecule has 90 valence electrons. The first kappa shape index (κ1) is 10.9. The molecule has 0 spiro atoms. The van der Waals surface area contributed by atoms with E-state index in [1.165, 1.54) is 11.3 Å². The van der Waals surface area contributed by atoms with Gasteiger partial charge >= 0.3 is 0 Å². The molecule has 1 aliphatic rings. The van der Waals surface area contributed by atoms with Crippen LogP contribution in [0.3, 0.4) is 0 Å². The van der Waals surface area contributed by atoms with Crippen LogP contribution in [0.4, 0.5) is 5.69 Å². The molecule has 2 nitrogen and oxygen atoms in total. The van der Waals surface area contributed by atoms with Gasteiger partial charge in [-0.2, -0.15) is 0 Å². The summed E-state index contributed by atoms with van der Waals surface area (Å²) >= 11 is 0. The van der Waals surface area contributed by atoms with Crippen LogP contribution in [0.1, 0.15) is 11.1 Å².